The van der Waals surface area contributed by atoms with Crippen molar-refractivity contribution >= 4 is 32.7 Å². The zero-order valence-corrected chi connectivity index (χ0v) is 12.2. The van der Waals surface area contributed by atoms with Crippen LogP contribution in [0.5, 0.6) is 0 Å². The Bertz CT molecular complexity index is 583. The van der Waals surface area contributed by atoms with Gasteiger partial charge in [0.15, 0.2) is 0 Å². The van der Waals surface area contributed by atoms with Crippen molar-refractivity contribution in [2.45, 2.75) is 33.1 Å². The fourth-order valence-electron chi connectivity index (χ4n) is 1.98. The topological polar surface area (TPSA) is 38.9 Å². The number of benzene rings is 1. The SMILES string of the molecule is Cc1ccc(Br)c2cc(C(C)(C)C)c(N)nc12. The molecule has 0 atom stereocenters. The van der Waals surface area contributed by atoms with Crippen molar-refractivity contribution in [1.82, 2.24) is 4.98 Å². The molecule has 2 N–H and O–H groups in total. The molecule has 0 saturated heterocycles. The number of hydrogen-bond acceptors (Lipinski definition) is 2. The predicted octanol–water partition coefficient (Wildman–Crippen LogP) is 4.19. The summed E-state index contributed by atoms with van der Waals surface area (Å²) in [6, 6.07) is 6.26. The number of aryl methyl sites for hydroxylation is 1. The average Bonchev–Trinajstić information content (AvgIpc) is 2.21. The average molecular weight is 293 g/mol. The fourth-order valence-corrected chi connectivity index (χ4v) is 2.41. The van der Waals surface area contributed by atoms with Gasteiger partial charge in [0.2, 0.25) is 0 Å². The number of nitrogens with zero attached hydrogens (tertiary/aromatic N) is 1. The number of aromatic nitrogens is 1. The number of anilines is 1. The standard InChI is InChI=1S/C14H17BrN2/c1-8-5-6-11(15)9-7-10(14(2,3)4)13(16)17-12(8)9/h5-7H,1-4H3,(H2,16,17). The van der Waals surface area contributed by atoms with Crippen molar-refractivity contribution in [3.05, 3.63) is 33.8 Å². The molecule has 0 unspecified atom stereocenters. The Balaban J connectivity index is 2.85. The zero-order chi connectivity index (χ0) is 12.8. The first kappa shape index (κ1) is 12.4. The van der Waals surface area contributed by atoms with Gasteiger partial charge in [0.1, 0.15) is 5.82 Å². The molecular weight excluding hydrogens is 276 g/mol. The van der Waals surface area contributed by atoms with Crippen molar-refractivity contribution in [3.63, 3.8) is 0 Å². The highest BCUT2D eigenvalue weighted by atomic mass is 79.9. The van der Waals surface area contributed by atoms with Crippen molar-refractivity contribution in [3.8, 4) is 0 Å². The molecule has 2 nitrogen and oxygen atoms in total. The lowest BCUT2D eigenvalue weighted by atomic mass is 9.86. The third-order valence-corrected chi connectivity index (χ3v) is 3.66. The summed E-state index contributed by atoms with van der Waals surface area (Å²) >= 11 is 3.58. The van der Waals surface area contributed by atoms with E-state index in [0.29, 0.717) is 5.82 Å². The van der Waals surface area contributed by atoms with E-state index >= 15 is 0 Å². The van der Waals surface area contributed by atoms with Gasteiger partial charge in [0, 0.05) is 15.4 Å². The van der Waals surface area contributed by atoms with E-state index in [1.165, 1.54) is 0 Å². The van der Waals surface area contributed by atoms with Crippen LogP contribution >= 0.6 is 15.9 Å². The van der Waals surface area contributed by atoms with Gasteiger partial charge in [-0.15, -0.1) is 0 Å². The second-order valence-corrected chi connectivity index (χ2v) is 6.29. The Labute approximate surface area is 110 Å². The summed E-state index contributed by atoms with van der Waals surface area (Å²) in [4.78, 5) is 4.55. The predicted molar refractivity (Wildman–Crippen MR) is 77.3 cm³/mol. The first-order chi connectivity index (χ1) is 7.80. The summed E-state index contributed by atoms with van der Waals surface area (Å²) in [5.41, 5.74) is 9.29. The summed E-state index contributed by atoms with van der Waals surface area (Å²) in [5.74, 6) is 0.631. The largest absolute Gasteiger partial charge is 0.383 e. The van der Waals surface area contributed by atoms with Crippen LogP contribution in [-0.4, -0.2) is 4.98 Å². The second-order valence-electron chi connectivity index (χ2n) is 5.43. The van der Waals surface area contributed by atoms with Crippen LogP contribution < -0.4 is 5.73 Å². The van der Waals surface area contributed by atoms with E-state index in [4.69, 9.17) is 5.73 Å². The van der Waals surface area contributed by atoms with Gasteiger partial charge in [-0.25, -0.2) is 4.98 Å². The number of nitrogen functional groups attached to an aromatic ring is 1. The molecule has 3 heteroatoms. The fraction of sp³-hybridized carbons (Fsp3) is 0.357. The molecular formula is C14H17BrN2. The molecule has 0 radical (unpaired) electrons. The number of nitrogens with two attached hydrogens (primary N) is 1. The molecule has 1 aromatic heterocycles. The maximum absolute atomic E-state index is 6.07. The van der Waals surface area contributed by atoms with Gasteiger partial charge in [0.05, 0.1) is 5.52 Å². The third-order valence-electron chi connectivity index (χ3n) is 2.97. The molecule has 0 fully saturated rings. The van der Waals surface area contributed by atoms with Gasteiger partial charge >= 0.3 is 0 Å². The molecule has 0 aliphatic carbocycles. The van der Waals surface area contributed by atoms with Gasteiger partial charge in [0.25, 0.3) is 0 Å². The molecule has 1 heterocycles. The molecule has 0 amide bonds. The molecule has 0 aliphatic rings. The van der Waals surface area contributed by atoms with Gasteiger partial charge in [-0.2, -0.15) is 0 Å². The maximum atomic E-state index is 6.07. The van der Waals surface area contributed by atoms with Crippen molar-refractivity contribution < 1.29 is 0 Å². The Morgan fingerprint density at radius 1 is 1.24 bits per heavy atom. The van der Waals surface area contributed by atoms with Crippen LogP contribution in [0.25, 0.3) is 10.9 Å². The number of rotatable bonds is 0. The van der Waals surface area contributed by atoms with Crippen molar-refractivity contribution in [2.75, 3.05) is 5.73 Å². The second kappa shape index (κ2) is 3.98. The zero-order valence-electron chi connectivity index (χ0n) is 10.6. The summed E-state index contributed by atoms with van der Waals surface area (Å²) in [7, 11) is 0. The highest BCUT2D eigenvalue weighted by Gasteiger charge is 2.19. The lowest BCUT2D eigenvalue weighted by molar-refractivity contribution is 0.591. The smallest absolute Gasteiger partial charge is 0.127 e. The summed E-state index contributed by atoms with van der Waals surface area (Å²) in [6.45, 7) is 8.50. The molecule has 2 rings (SSSR count). The lowest BCUT2D eigenvalue weighted by Gasteiger charge is -2.21. The first-order valence-electron chi connectivity index (χ1n) is 5.66. The van der Waals surface area contributed by atoms with Crippen LogP contribution in [-0.2, 0) is 5.41 Å². The molecule has 0 spiro atoms. The minimum Gasteiger partial charge on any atom is -0.383 e. The van der Waals surface area contributed by atoms with Gasteiger partial charge in [-0.3, -0.25) is 0 Å². The molecule has 1 aromatic carbocycles. The highest BCUT2D eigenvalue weighted by Crippen LogP contribution is 2.33. The molecule has 0 saturated carbocycles. The maximum Gasteiger partial charge on any atom is 0.127 e. The van der Waals surface area contributed by atoms with E-state index in [2.05, 4.69) is 66.8 Å². The summed E-state index contributed by atoms with van der Waals surface area (Å²) in [5, 5.41) is 1.13. The van der Waals surface area contributed by atoms with Gasteiger partial charge in [-0.1, -0.05) is 42.8 Å². The van der Waals surface area contributed by atoms with Crippen LogP contribution in [0.15, 0.2) is 22.7 Å². The minimum absolute atomic E-state index is 0.00839. The van der Waals surface area contributed by atoms with E-state index in [1.807, 2.05) is 0 Å². The summed E-state index contributed by atoms with van der Waals surface area (Å²) < 4.78 is 1.07. The van der Waals surface area contributed by atoms with Crippen LogP contribution in [0.1, 0.15) is 31.9 Å². The normalized spacial score (nSPS) is 12.1. The van der Waals surface area contributed by atoms with E-state index in [0.717, 1.165) is 26.5 Å². The van der Waals surface area contributed by atoms with E-state index in [1.54, 1.807) is 0 Å². The molecule has 2 aromatic rings. The minimum atomic E-state index is 0.00839. The molecule has 0 aliphatic heterocycles. The van der Waals surface area contributed by atoms with Crippen LogP contribution in [0.4, 0.5) is 5.82 Å². The van der Waals surface area contributed by atoms with E-state index in [9.17, 15) is 0 Å². The number of hydrogen-bond donors (Lipinski definition) is 1. The number of halogens is 1. The van der Waals surface area contributed by atoms with Gasteiger partial charge < -0.3 is 5.73 Å². The van der Waals surface area contributed by atoms with Crippen LogP contribution in [0.2, 0.25) is 0 Å². The lowest BCUT2D eigenvalue weighted by Crippen LogP contribution is -2.15. The Kier molecular flexibility index (Phi) is 2.90. The molecule has 90 valence electrons. The Morgan fingerprint density at radius 3 is 2.47 bits per heavy atom. The monoisotopic (exact) mass is 292 g/mol. The molecule has 17 heavy (non-hydrogen) atoms. The highest BCUT2D eigenvalue weighted by molar-refractivity contribution is 9.10. The van der Waals surface area contributed by atoms with E-state index < -0.39 is 0 Å². The quantitative estimate of drug-likeness (QED) is 0.791. The first-order valence-corrected chi connectivity index (χ1v) is 6.46. The third kappa shape index (κ3) is 2.16. The molecule has 0 bridgehead atoms. The van der Waals surface area contributed by atoms with Crippen molar-refractivity contribution in [1.29, 1.82) is 0 Å². The Hall–Kier alpha value is -1.09. The Morgan fingerprint density at radius 2 is 1.88 bits per heavy atom. The summed E-state index contributed by atoms with van der Waals surface area (Å²) in [6.07, 6.45) is 0. The van der Waals surface area contributed by atoms with Crippen molar-refractivity contribution in [2.24, 2.45) is 0 Å². The van der Waals surface area contributed by atoms with E-state index in [-0.39, 0.29) is 5.41 Å². The van der Waals surface area contributed by atoms with Crippen LogP contribution in [0, 0.1) is 6.92 Å². The van der Waals surface area contributed by atoms with Gasteiger partial charge in [-0.05, 0) is 30.0 Å². The number of pyridine rings is 1. The van der Waals surface area contributed by atoms with Crippen LogP contribution in [0.3, 0.4) is 0 Å². The number of fused-ring (bicyclic) bond motifs is 1.